The second-order valence-electron chi connectivity index (χ2n) is 6.10. The molecule has 0 aliphatic carbocycles. The first-order chi connectivity index (χ1) is 13.8. The number of halogens is 1. The van der Waals surface area contributed by atoms with Crippen molar-refractivity contribution in [2.45, 2.75) is 13.8 Å². The lowest BCUT2D eigenvalue weighted by Gasteiger charge is -2.11. The summed E-state index contributed by atoms with van der Waals surface area (Å²) in [5.41, 5.74) is 2.82. The van der Waals surface area contributed by atoms with Crippen molar-refractivity contribution in [3.63, 3.8) is 0 Å². The summed E-state index contributed by atoms with van der Waals surface area (Å²) in [6.45, 7) is 2.69. The Labute approximate surface area is 176 Å². The maximum absolute atomic E-state index is 11.9. The molecule has 2 rings (SSSR count). The second-order valence-corrected chi connectivity index (χ2v) is 7.02. The molecule has 2 aromatic rings. The Hall–Kier alpha value is -3.20. The molecule has 0 spiro atoms. The fourth-order valence-corrected chi connectivity index (χ4v) is 2.52. The molecule has 0 atom stereocenters. The number of amides is 4. The maximum Gasteiger partial charge on any atom is 0.325 e. The molecule has 0 saturated carbocycles. The van der Waals surface area contributed by atoms with E-state index in [9.17, 15) is 19.2 Å². The molecule has 8 nitrogen and oxygen atoms in total. The summed E-state index contributed by atoms with van der Waals surface area (Å²) in [7, 11) is 0. The number of hydrogen-bond donors (Lipinski definition) is 3. The molecule has 0 fully saturated rings. The van der Waals surface area contributed by atoms with E-state index in [1.54, 1.807) is 36.4 Å². The molecule has 9 heteroatoms. The van der Waals surface area contributed by atoms with E-state index in [0.717, 1.165) is 15.6 Å². The maximum atomic E-state index is 11.9. The minimum atomic E-state index is -0.805. The van der Waals surface area contributed by atoms with Crippen LogP contribution in [0, 0.1) is 13.8 Å². The molecule has 0 bridgehead atoms. The Kier molecular flexibility index (Phi) is 7.90. The molecule has 0 aliphatic heterocycles. The molecule has 0 unspecified atom stereocenters. The Balaban J connectivity index is 1.71. The summed E-state index contributed by atoms with van der Waals surface area (Å²) >= 11 is 3.26. The van der Waals surface area contributed by atoms with Crippen LogP contribution < -0.4 is 16.0 Å². The molecule has 2 aromatic carbocycles. The number of benzene rings is 2. The zero-order valence-electron chi connectivity index (χ0n) is 15.9. The fraction of sp³-hybridized carbons (Fsp3) is 0.200. The quantitative estimate of drug-likeness (QED) is 0.572. The molecular formula is C20H20BrN3O5. The van der Waals surface area contributed by atoms with Crippen LogP contribution in [0.1, 0.15) is 21.5 Å². The van der Waals surface area contributed by atoms with Crippen molar-refractivity contribution < 1.29 is 23.9 Å². The number of imide groups is 1. The minimum absolute atomic E-state index is 0.377. The summed E-state index contributed by atoms with van der Waals surface area (Å²) in [6, 6.07) is 11.2. The molecular weight excluding hydrogens is 442 g/mol. The lowest BCUT2D eigenvalue weighted by molar-refractivity contribution is -0.147. The summed E-state index contributed by atoms with van der Waals surface area (Å²) in [4.78, 5) is 47.2. The van der Waals surface area contributed by atoms with Crippen LogP contribution in [0.3, 0.4) is 0 Å². The van der Waals surface area contributed by atoms with Crippen LogP contribution in [-0.4, -0.2) is 37.0 Å². The number of urea groups is 1. The smallest absolute Gasteiger partial charge is 0.325 e. The molecule has 0 heterocycles. The number of carbonyl (C=O) groups is 4. The van der Waals surface area contributed by atoms with Gasteiger partial charge in [0, 0.05) is 15.7 Å². The molecule has 3 N–H and O–H groups in total. The number of esters is 1. The van der Waals surface area contributed by atoms with Gasteiger partial charge in [-0.2, -0.15) is 0 Å². The van der Waals surface area contributed by atoms with Gasteiger partial charge in [0.1, 0.15) is 6.54 Å². The summed E-state index contributed by atoms with van der Waals surface area (Å²) in [5, 5.41) is 7.02. The second kappa shape index (κ2) is 10.4. The summed E-state index contributed by atoms with van der Waals surface area (Å²) in [5.74, 6) is -2.05. The molecule has 0 aliphatic rings. The third-order valence-electron chi connectivity index (χ3n) is 3.97. The van der Waals surface area contributed by atoms with Crippen molar-refractivity contribution in [3.05, 3.63) is 63.6 Å². The summed E-state index contributed by atoms with van der Waals surface area (Å²) < 4.78 is 5.57. The van der Waals surface area contributed by atoms with Crippen LogP contribution >= 0.6 is 15.9 Å². The third-order valence-corrected chi connectivity index (χ3v) is 4.50. The van der Waals surface area contributed by atoms with E-state index in [1.807, 2.05) is 19.9 Å². The lowest BCUT2D eigenvalue weighted by atomic mass is 10.1. The Bertz CT molecular complexity index is 928. The van der Waals surface area contributed by atoms with Crippen molar-refractivity contribution in [3.8, 4) is 0 Å². The standard InChI is InChI=1S/C20H20BrN3O5/c1-12-4-3-5-16(13(12)2)23-20(28)24-17(25)11-29-18(26)10-22-19(27)14-6-8-15(21)9-7-14/h3-9H,10-11H2,1-2H3,(H,22,27)(H2,23,24,25,28). The van der Waals surface area contributed by atoms with Crippen molar-refractivity contribution in [2.75, 3.05) is 18.5 Å². The predicted molar refractivity (Wildman–Crippen MR) is 111 cm³/mol. The van der Waals surface area contributed by atoms with Crippen molar-refractivity contribution in [2.24, 2.45) is 0 Å². The van der Waals surface area contributed by atoms with Gasteiger partial charge in [-0.15, -0.1) is 0 Å². The first-order valence-electron chi connectivity index (χ1n) is 8.62. The highest BCUT2D eigenvalue weighted by Gasteiger charge is 2.13. The number of carbonyl (C=O) groups excluding carboxylic acids is 4. The van der Waals surface area contributed by atoms with E-state index in [0.29, 0.717) is 11.3 Å². The van der Waals surface area contributed by atoms with Gasteiger partial charge in [-0.05, 0) is 55.3 Å². The monoisotopic (exact) mass is 461 g/mol. The third kappa shape index (κ3) is 7.04. The van der Waals surface area contributed by atoms with Gasteiger partial charge in [0.15, 0.2) is 6.61 Å². The van der Waals surface area contributed by atoms with Crippen LogP contribution in [0.25, 0.3) is 0 Å². The number of aryl methyl sites for hydroxylation is 1. The highest BCUT2D eigenvalue weighted by atomic mass is 79.9. The highest BCUT2D eigenvalue weighted by molar-refractivity contribution is 9.10. The molecule has 4 amide bonds. The van der Waals surface area contributed by atoms with Gasteiger partial charge in [-0.25, -0.2) is 4.79 Å². The van der Waals surface area contributed by atoms with E-state index in [-0.39, 0.29) is 0 Å². The van der Waals surface area contributed by atoms with E-state index >= 15 is 0 Å². The van der Waals surface area contributed by atoms with Crippen molar-refractivity contribution >= 4 is 45.4 Å². The predicted octanol–water partition coefficient (Wildman–Crippen LogP) is 2.69. The first kappa shape index (κ1) is 22.1. The Morgan fingerprint density at radius 2 is 1.69 bits per heavy atom. The molecule has 0 radical (unpaired) electrons. The number of nitrogens with one attached hydrogen (secondary N) is 3. The van der Waals surface area contributed by atoms with E-state index in [2.05, 4.69) is 31.9 Å². The zero-order chi connectivity index (χ0) is 21.4. The largest absolute Gasteiger partial charge is 0.454 e. The molecule has 29 heavy (non-hydrogen) atoms. The van der Waals surface area contributed by atoms with Crippen LogP contribution in [0.2, 0.25) is 0 Å². The van der Waals surface area contributed by atoms with Crippen molar-refractivity contribution in [1.82, 2.24) is 10.6 Å². The van der Waals surface area contributed by atoms with Gasteiger partial charge in [0.25, 0.3) is 11.8 Å². The van der Waals surface area contributed by atoms with Gasteiger partial charge in [0.2, 0.25) is 0 Å². The number of ether oxygens (including phenoxy) is 1. The fourth-order valence-electron chi connectivity index (χ4n) is 2.26. The van der Waals surface area contributed by atoms with Crippen LogP contribution in [-0.2, 0) is 14.3 Å². The van der Waals surface area contributed by atoms with Gasteiger partial charge in [0.05, 0.1) is 0 Å². The number of rotatable bonds is 6. The molecule has 0 aromatic heterocycles. The highest BCUT2D eigenvalue weighted by Crippen LogP contribution is 2.17. The molecule has 0 saturated heterocycles. The van der Waals surface area contributed by atoms with E-state index in [4.69, 9.17) is 4.74 Å². The Morgan fingerprint density at radius 1 is 1.00 bits per heavy atom. The van der Waals surface area contributed by atoms with Crippen LogP contribution in [0.4, 0.5) is 10.5 Å². The normalized spacial score (nSPS) is 10.0. The van der Waals surface area contributed by atoms with Crippen LogP contribution in [0.5, 0.6) is 0 Å². The molecule has 152 valence electrons. The van der Waals surface area contributed by atoms with Crippen molar-refractivity contribution in [1.29, 1.82) is 0 Å². The van der Waals surface area contributed by atoms with Gasteiger partial charge >= 0.3 is 12.0 Å². The zero-order valence-corrected chi connectivity index (χ0v) is 17.5. The Morgan fingerprint density at radius 3 is 2.38 bits per heavy atom. The average Bonchev–Trinajstić information content (AvgIpc) is 2.68. The lowest BCUT2D eigenvalue weighted by Crippen LogP contribution is -2.38. The van der Waals surface area contributed by atoms with Crippen LogP contribution in [0.15, 0.2) is 46.9 Å². The average molecular weight is 462 g/mol. The summed E-state index contributed by atoms with van der Waals surface area (Å²) in [6.07, 6.45) is 0. The van der Waals surface area contributed by atoms with Gasteiger partial charge in [-0.1, -0.05) is 28.1 Å². The van der Waals surface area contributed by atoms with E-state index in [1.165, 1.54) is 0 Å². The van der Waals surface area contributed by atoms with Gasteiger partial charge in [-0.3, -0.25) is 19.7 Å². The van der Waals surface area contributed by atoms with E-state index < -0.39 is 37.0 Å². The number of anilines is 1. The van der Waals surface area contributed by atoms with Gasteiger partial charge < -0.3 is 15.4 Å². The number of hydrogen-bond acceptors (Lipinski definition) is 5. The SMILES string of the molecule is Cc1cccc(NC(=O)NC(=O)COC(=O)CNC(=O)c2ccc(Br)cc2)c1C. The first-order valence-corrected chi connectivity index (χ1v) is 9.42. The minimum Gasteiger partial charge on any atom is -0.454 e. The topological polar surface area (TPSA) is 114 Å².